The van der Waals surface area contributed by atoms with Gasteiger partial charge in [0.2, 0.25) is 0 Å². The first-order valence-corrected chi connectivity index (χ1v) is 7.00. The molecule has 0 aliphatic rings. The number of nitrogens with one attached hydrogen (secondary N) is 1. The molecule has 0 amide bonds. The van der Waals surface area contributed by atoms with Crippen molar-refractivity contribution in [3.8, 4) is 0 Å². The van der Waals surface area contributed by atoms with Gasteiger partial charge in [-0.3, -0.25) is 9.59 Å². The van der Waals surface area contributed by atoms with E-state index in [4.69, 9.17) is 16.7 Å². The molecule has 2 aromatic rings. The molecule has 0 spiro atoms. The van der Waals surface area contributed by atoms with Gasteiger partial charge in [0.1, 0.15) is 5.82 Å². The van der Waals surface area contributed by atoms with Gasteiger partial charge in [-0.15, -0.1) is 0 Å². The second kappa shape index (κ2) is 6.58. The summed E-state index contributed by atoms with van der Waals surface area (Å²) in [4.78, 5) is 29.7. The standard InChI is InChI=1S/C16H15ClN2O3/c1-9(11-3-5-12(17)6-4-11)7-14-13(8-15(20)21)16(22)19-10(2)18-14/h3-7H,8H2,1-2H3,(H,20,21)(H,18,19,22)/b9-7+. The summed E-state index contributed by atoms with van der Waals surface area (Å²) in [5.74, 6) is -0.635. The Bertz CT molecular complexity index is 792. The lowest BCUT2D eigenvalue weighted by molar-refractivity contribution is -0.136. The van der Waals surface area contributed by atoms with E-state index in [2.05, 4.69) is 9.97 Å². The third-order valence-corrected chi connectivity index (χ3v) is 3.40. The van der Waals surface area contributed by atoms with Crippen LogP contribution in [0.3, 0.4) is 0 Å². The summed E-state index contributed by atoms with van der Waals surface area (Å²) >= 11 is 5.86. The van der Waals surface area contributed by atoms with Crippen LogP contribution in [0.4, 0.5) is 0 Å². The van der Waals surface area contributed by atoms with E-state index in [0.717, 1.165) is 11.1 Å². The first kappa shape index (κ1) is 16.0. The van der Waals surface area contributed by atoms with Crippen LogP contribution in [0.1, 0.15) is 29.6 Å². The highest BCUT2D eigenvalue weighted by atomic mass is 35.5. The van der Waals surface area contributed by atoms with Gasteiger partial charge in [-0.05, 0) is 43.2 Å². The number of carboxylic acids is 1. The number of aromatic nitrogens is 2. The van der Waals surface area contributed by atoms with Crippen molar-refractivity contribution in [3.63, 3.8) is 0 Å². The lowest BCUT2D eigenvalue weighted by Crippen LogP contribution is -2.20. The lowest BCUT2D eigenvalue weighted by Gasteiger charge is -2.06. The number of hydrogen-bond acceptors (Lipinski definition) is 3. The summed E-state index contributed by atoms with van der Waals surface area (Å²) in [5, 5.41) is 9.58. The van der Waals surface area contributed by atoms with Gasteiger partial charge in [0.05, 0.1) is 17.7 Å². The third-order valence-electron chi connectivity index (χ3n) is 3.15. The van der Waals surface area contributed by atoms with E-state index in [1.165, 1.54) is 0 Å². The minimum absolute atomic E-state index is 0.145. The van der Waals surface area contributed by atoms with E-state index in [0.29, 0.717) is 16.5 Å². The molecular formula is C16H15ClN2O3. The lowest BCUT2D eigenvalue weighted by atomic mass is 10.0. The SMILES string of the molecule is C/C(=C\c1nc(C)[nH]c(=O)c1CC(=O)O)c1ccc(Cl)cc1. The van der Waals surface area contributed by atoms with Gasteiger partial charge in [0.15, 0.2) is 0 Å². The van der Waals surface area contributed by atoms with Crippen molar-refractivity contribution < 1.29 is 9.90 Å². The molecule has 1 heterocycles. The molecule has 0 unspecified atom stereocenters. The minimum atomic E-state index is -1.07. The number of hydrogen-bond donors (Lipinski definition) is 2. The molecule has 1 aromatic heterocycles. The summed E-state index contributed by atoms with van der Waals surface area (Å²) in [6.45, 7) is 3.52. The van der Waals surface area contributed by atoms with Crippen LogP contribution in [-0.4, -0.2) is 21.0 Å². The summed E-state index contributed by atoms with van der Waals surface area (Å²) in [6.07, 6.45) is 1.34. The van der Waals surface area contributed by atoms with Crippen LogP contribution in [-0.2, 0) is 11.2 Å². The molecule has 0 aliphatic carbocycles. The Balaban J connectivity index is 2.51. The number of aryl methyl sites for hydroxylation is 1. The van der Waals surface area contributed by atoms with Crippen LogP contribution in [0.2, 0.25) is 5.02 Å². The summed E-state index contributed by atoms with van der Waals surface area (Å²) in [7, 11) is 0. The van der Waals surface area contributed by atoms with Crippen molar-refractivity contribution in [1.82, 2.24) is 9.97 Å². The zero-order chi connectivity index (χ0) is 16.3. The second-order valence-electron chi connectivity index (χ2n) is 4.92. The van der Waals surface area contributed by atoms with Crippen molar-refractivity contribution in [1.29, 1.82) is 0 Å². The van der Waals surface area contributed by atoms with Gasteiger partial charge in [-0.2, -0.15) is 0 Å². The van der Waals surface area contributed by atoms with Crippen molar-refractivity contribution in [3.05, 3.63) is 62.3 Å². The highest BCUT2D eigenvalue weighted by Crippen LogP contribution is 2.20. The zero-order valence-corrected chi connectivity index (χ0v) is 12.9. The van der Waals surface area contributed by atoms with Crippen LogP contribution in [0, 0.1) is 6.92 Å². The van der Waals surface area contributed by atoms with Gasteiger partial charge in [0.25, 0.3) is 5.56 Å². The molecule has 0 saturated carbocycles. The van der Waals surface area contributed by atoms with Crippen LogP contribution in [0.25, 0.3) is 11.6 Å². The van der Waals surface area contributed by atoms with E-state index in [1.54, 1.807) is 25.1 Å². The summed E-state index contributed by atoms with van der Waals surface area (Å²) < 4.78 is 0. The first-order valence-electron chi connectivity index (χ1n) is 6.62. The largest absolute Gasteiger partial charge is 0.481 e. The normalized spacial score (nSPS) is 11.5. The minimum Gasteiger partial charge on any atom is -0.481 e. The highest BCUT2D eigenvalue weighted by molar-refractivity contribution is 6.30. The predicted molar refractivity (Wildman–Crippen MR) is 85.9 cm³/mol. The van der Waals surface area contributed by atoms with Gasteiger partial charge in [-0.25, -0.2) is 4.98 Å². The van der Waals surface area contributed by atoms with E-state index in [9.17, 15) is 9.59 Å². The molecule has 0 bridgehead atoms. The zero-order valence-electron chi connectivity index (χ0n) is 12.2. The Morgan fingerprint density at radius 2 is 2.00 bits per heavy atom. The number of allylic oxidation sites excluding steroid dienone is 1. The number of nitrogens with zero attached hydrogens (tertiary/aromatic N) is 1. The molecule has 0 radical (unpaired) electrons. The Morgan fingerprint density at radius 1 is 1.36 bits per heavy atom. The maximum atomic E-state index is 12.0. The Hall–Kier alpha value is -2.40. The van der Waals surface area contributed by atoms with Crippen molar-refractivity contribution in [2.75, 3.05) is 0 Å². The highest BCUT2D eigenvalue weighted by Gasteiger charge is 2.12. The molecule has 0 saturated heterocycles. The van der Waals surface area contributed by atoms with Gasteiger partial charge >= 0.3 is 5.97 Å². The fraction of sp³-hybridized carbons (Fsp3) is 0.188. The van der Waals surface area contributed by atoms with Crippen LogP contribution in [0.5, 0.6) is 0 Å². The molecular weight excluding hydrogens is 304 g/mol. The number of benzene rings is 1. The maximum Gasteiger partial charge on any atom is 0.308 e. The Kier molecular flexibility index (Phi) is 4.78. The first-order chi connectivity index (χ1) is 10.4. The number of H-pyrrole nitrogens is 1. The van der Waals surface area contributed by atoms with Crippen molar-refractivity contribution in [2.45, 2.75) is 20.3 Å². The number of aromatic amines is 1. The smallest absolute Gasteiger partial charge is 0.308 e. The van der Waals surface area contributed by atoms with Crippen LogP contribution < -0.4 is 5.56 Å². The third kappa shape index (κ3) is 3.83. The molecule has 1 aromatic carbocycles. The molecule has 6 heteroatoms. The quantitative estimate of drug-likeness (QED) is 0.908. The maximum absolute atomic E-state index is 12.0. The molecule has 5 nitrogen and oxygen atoms in total. The number of carboxylic acid groups (broad SMARTS) is 1. The van der Waals surface area contributed by atoms with Crippen molar-refractivity contribution >= 4 is 29.2 Å². The molecule has 114 valence electrons. The van der Waals surface area contributed by atoms with Crippen LogP contribution >= 0.6 is 11.6 Å². The van der Waals surface area contributed by atoms with E-state index in [1.807, 2.05) is 19.1 Å². The molecule has 0 aliphatic heterocycles. The number of aliphatic carboxylic acids is 1. The number of rotatable bonds is 4. The fourth-order valence-corrected chi connectivity index (χ4v) is 2.20. The van der Waals surface area contributed by atoms with Gasteiger partial charge < -0.3 is 10.1 Å². The average molecular weight is 319 g/mol. The monoisotopic (exact) mass is 318 g/mol. The van der Waals surface area contributed by atoms with E-state index in [-0.39, 0.29) is 12.0 Å². The van der Waals surface area contributed by atoms with E-state index >= 15 is 0 Å². The van der Waals surface area contributed by atoms with Crippen molar-refractivity contribution in [2.24, 2.45) is 0 Å². The van der Waals surface area contributed by atoms with E-state index < -0.39 is 11.5 Å². The number of halogens is 1. The van der Waals surface area contributed by atoms with Gasteiger partial charge in [0, 0.05) is 5.02 Å². The topological polar surface area (TPSA) is 83.0 Å². The Morgan fingerprint density at radius 3 is 2.59 bits per heavy atom. The van der Waals surface area contributed by atoms with Crippen LogP contribution in [0.15, 0.2) is 29.1 Å². The molecule has 0 fully saturated rings. The summed E-state index contributed by atoms with van der Waals surface area (Å²) in [6, 6.07) is 7.24. The predicted octanol–water partition coefficient (Wildman–Crippen LogP) is 2.92. The molecule has 22 heavy (non-hydrogen) atoms. The Labute approximate surface area is 132 Å². The molecule has 2 N–H and O–H groups in total. The summed E-state index contributed by atoms with van der Waals surface area (Å²) in [5.41, 5.74) is 1.87. The average Bonchev–Trinajstić information content (AvgIpc) is 2.43. The second-order valence-corrected chi connectivity index (χ2v) is 5.36. The molecule has 0 atom stereocenters. The fourth-order valence-electron chi connectivity index (χ4n) is 2.07. The molecule has 2 rings (SSSR count). The number of carbonyl (C=O) groups is 1. The van der Waals surface area contributed by atoms with Gasteiger partial charge in [-0.1, -0.05) is 23.7 Å².